The SMILES string of the molecule is CCN(CC)C(CNc1ccc(S(=O)(=O)NC)cc1[N+](=O)[O-])CC(C)C. The summed E-state index contributed by atoms with van der Waals surface area (Å²) < 4.78 is 25.9. The summed E-state index contributed by atoms with van der Waals surface area (Å²) in [5.41, 5.74) is 0.0788. The molecule has 1 aromatic rings. The molecule has 1 rings (SSSR count). The van der Waals surface area contributed by atoms with Crippen molar-refractivity contribution in [3.8, 4) is 0 Å². The van der Waals surface area contributed by atoms with E-state index in [1.165, 1.54) is 19.2 Å². The van der Waals surface area contributed by atoms with Crippen LogP contribution in [0.25, 0.3) is 0 Å². The number of benzene rings is 1. The average molecular weight is 387 g/mol. The van der Waals surface area contributed by atoms with Crippen molar-refractivity contribution in [2.24, 2.45) is 5.92 Å². The molecular weight excluding hydrogens is 356 g/mol. The van der Waals surface area contributed by atoms with E-state index in [0.29, 0.717) is 18.2 Å². The Bertz CT molecular complexity index is 703. The highest BCUT2D eigenvalue weighted by molar-refractivity contribution is 7.89. The largest absolute Gasteiger partial charge is 0.378 e. The third kappa shape index (κ3) is 5.93. The average Bonchev–Trinajstić information content (AvgIpc) is 2.59. The van der Waals surface area contributed by atoms with Crippen molar-refractivity contribution in [2.75, 3.05) is 32.0 Å². The summed E-state index contributed by atoms with van der Waals surface area (Å²) in [5.74, 6) is 0.500. The molecule has 8 nitrogen and oxygen atoms in total. The Morgan fingerprint density at radius 1 is 1.23 bits per heavy atom. The van der Waals surface area contributed by atoms with Gasteiger partial charge in [0.05, 0.1) is 9.82 Å². The topological polar surface area (TPSA) is 105 Å². The highest BCUT2D eigenvalue weighted by Gasteiger charge is 2.22. The summed E-state index contributed by atoms with van der Waals surface area (Å²) in [7, 11) is -2.46. The van der Waals surface area contributed by atoms with Crippen molar-refractivity contribution >= 4 is 21.4 Å². The van der Waals surface area contributed by atoms with Crippen LogP contribution >= 0.6 is 0 Å². The Balaban J connectivity index is 3.09. The normalized spacial score (nSPS) is 13.2. The zero-order chi connectivity index (χ0) is 19.9. The Morgan fingerprint density at radius 3 is 2.31 bits per heavy atom. The maximum Gasteiger partial charge on any atom is 0.293 e. The van der Waals surface area contributed by atoms with Crippen LogP contribution < -0.4 is 10.0 Å². The van der Waals surface area contributed by atoms with Gasteiger partial charge in [0.25, 0.3) is 5.69 Å². The van der Waals surface area contributed by atoms with E-state index in [0.717, 1.165) is 25.6 Å². The van der Waals surface area contributed by atoms with Crippen LogP contribution in [-0.2, 0) is 10.0 Å². The van der Waals surface area contributed by atoms with Crippen LogP contribution in [-0.4, -0.2) is 51.0 Å². The lowest BCUT2D eigenvalue weighted by molar-refractivity contribution is -0.384. The van der Waals surface area contributed by atoms with Crippen molar-refractivity contribution in [3.05, 3.63) is 28.3 Å². The smallest absolute Gasteiger partial charge is 0.293 e. The molecule has 0 aromatic heterocycles. The minimum Gasteiger partial charge on any atom is -0.378 e. The Morgan fingerprint density at radius 2 is 1.85 bits per heavy atom. The van der Waals surface area contributed by atoms with Crippen molar-refractivity contribution in [1.82, 2.24) is 9.62 Å². The second-order valence-corrected chi connectivity index (χ2v) is 8.42. The molecule has 26 heavy (non-hydrogen) atoms. The Labute approximate surface area is 156 Å². The highest BCUT2D eigenvalue weighted by atomic mass is 32.2. The fourth-order valence-electron chi connectivity index (χ4n) is 2.97. The lowest BCUT2D eigenvalue weighted by atomic mass is 10.0. The number of nitro groups is 1. The summed E-state index contributed by atoms with van der Waals surface area (Å²) in [6.07, 6.45) is 0.967. The maximum atomic E-state index is 11.9. The third-order valence-electron chi connectivity index (χ3n) is 4.35. The van der Waals surface area contributed by atoms with Crippen LogP contribution in [0.1, 0.15) is 34.1 Å². The summed E-state index contributed by atoms with van der Waals surface area (Å²) in [5, 5.41) is 14.5. The zero-order valence-electron chi connectivity index (χ0n) is 16.2. The van der Waals surface area contributed by atoms with E-state index in [1.807, 2.05) is 0 Å². The van der Waals surface area contributed by atoms with Crippen molar-refractivity contribution in [1.29, 1.82) is 0 Å². The molecule has 0 saturated carbocycles. The van der Waals surface area contributed by atoms with E-state index in [9.17, 15) is 18.5 Å². The quantitative estimate of drug-likeness (QED) is 0.447. The molecule has 2 N–H and O–H groups in total. The van der Waals surface area contributed by atoms with E-state index >= 15 is 0 Å². The van der Waals surface area contributed by atoms with Gasteiger partial charge in [-0.1, -0.05) is 27.7 Å². The molecule has 0 aliphatic rings. The first-order valence-electron chi connectivity index (χ1n) is 8.86. The lowest BCUT2D eigenvalue weighted by Gasteiger charge is -2.31. The summed E-state index contributed by atoms with van der Waals surface area (Å²) in [6.45, 7) is 10.8. The van der Waals surface area contributed by atoms with Crippen molar-refractivity contribution < 1.29 is 13.3 Å². The number of hydrogen-bond acceptors (Lipinski definition) is 6. The van der Waals surface area contributed by atoms with Gasteiger partial charge in [-0.3, -0.25) is 15.0 Å². The minimum absolute atomic E-state index is 0.125. The molecule has 1 aromatic carbocycles. The molecule has 0 saturated heterocycles. The predicted octanol–water partition coefficient (Wildman–Crippen LogP) is 2.67. The number of nitrogens with zero attached hydrogens (tertiary/aromatic N) is 2. The Kier molecular flexibility index (Phi) is 8.45. The molecule has 148 valence electrons. The van der Waals surface area contributed by atoms with Gasteiger partial charge in [0, 0.05) is 18.7 Å². The summed E-state index contributed by atoms with van der Waals surface area (Å²) in [4.78, 5) is 13.0. The first kappa shape index (κ1) is 22.3. The standard InChI is InChI=1S/C17H30N4O4S/c1-6-20(7-2)14(10-13(3)4)12-19-16-9-8-15(26(24,25)18-5)11-17(16)21(22)23/h8-9,11,13-14,18-19H,6-7,10,12H2,1-5H3. The van der Waals surface area contributed by atoms with Gasteiger partial charge in [0.2, 0.25) is 10.0 Å². The molecule has 9 heteroatoms. The fourth-order valence-corrected chi connectivity index (χ4v) is 3.72. The third-order valence-corrected chi connectivity index (χ3v) is 5.76. The molecule has 0 aliphatic carbocycles. The van der Waals surface area contributed by atoms with Gasteiger partial charge in [-0.15, -0.1) is 0 Å². The molecular formula is C17H30N4O4S. The number of nitrogens with one attached hydrogen (secondary N) is 2. The molecule has 0 spiro atoms. The lowest BCUT2D eigenvalue weighted by Crippen LogP contribution is -2.40. The first-order chi connectivity index (χ1) is 12.2. The number of nitro benzene ring substituents is 1. The van der Waals surface area contributed by atoms with E-state index in [4.69, 9.17) is 0 Å². The van der Waals surface area contributed by atoms with Crippen LogP contribution in [0.2, 0.25) is 0 Å². The van der Waals surface area contributed by atoms with E-state index < -0.39 is 14.9 Å². The van der Waals surface area contributed by atoms with Crippen LogP contribution in [0.4, 0.5) is 11.4 Å². The van der Waals surface area contributed by atoms with E-state index in [2.05, 4.69) is 42.6 Å². The van der Waals surface area contributed by atoms with Crippen LogP contribution in [0.5, 0.6) is 0 Å². The van der Waals surface area contributed by atoms with E-state index in [1.54, 1.807) is 0 Å². The molecule has 0 heterocycles. The van der Waals surface area contributed by atoms with Gasteiger partial charge >= 0.3 is 0 Å². The van der Waals surface area contributed by atoms with Crippen LogP contribution in [0.3, 0.4) is 0 Å². The van der Waals surface area contributed by atoms with Crippen LogP contribution in [0, 0.1) is 16.0 Å². The predicted molar refractivity (Wildman–Crippen MR) is 104 cm³/mol. The van der Waals surface area contributed by atoms with Crippen molar-refractivity contribution in [3.63, 3.8) is 0 Å². The molecule has 0 radical (unpaired) electrons. The number of likely N-dealkylation sites (N-methyl/N-ethyl adjacent to an activating group) is 1. The van der Waals surface area contributed by atoms with Gasteiger partial charge in [0.1, 0.15) is 5.69 Å². The maximum absolute atomic E-state index is 11.9. The van der Waals surface area contributed by atoms with Gasteiger partial charge in [-0.25, -0.2) is 13.1 Å². The van der Waals surface area contributed by atoms with Gasteiger partial charge < -0.3 is 5.32 Å². The molecule has 0 bridgehead atoms. The molecule has 1 atom stereocenters. The van der Waals surface area contributed by atoms with E-state index in [-0.39, 0.29) is 16.6 Å². The van der Waals surface area contributed by atoms with Crippen LogP contribution in [0.15, 0.2) is 23.1 Å². The number of sulfonamides is 1. The summed E-state index contributed by atoms with van der Waals surface area (Å²) in [6, 6.07) is 4.15. The highest BCUT2D eigenvalue weighted by Crippen LogP contribution is 2.28. The number of rotatable bonds is 11. The Hall–Kier alpha value is -1.71. The van der Waals surface area contributed by atoms with Gasteiger partial charge in [0.15, 0.2) is 0 Å². The summed E-state index contributed by atoms with van der Waals surface area (Å²) >= 11 is 0. The number of hydrogen-bond donors (Lipinski definition) is 2. The first-order valence-corrected chi connectivity index (χ1v) is 10.3. The fraction of sp³-hybridized carbons (Fsp3) is 0.647. The number of anilines is 1. The zero-order valence-corrected chi connectivity index (χ0v) is 17.0. The monoisotopic (exact) mass is 386 g/mol. The van der Waals surface area contributed by atoms with Crippen molar-refractivity contribution in [2.45, 2.75) is 45.1 Å². The molecule has 0 fully saturated rings. The second kappa shape index (κ2) is 9.84. The molecule has 1 unspecified atom stereocenters. The molecule has 0 aliphatic heterocycles. The van der Waals surface area contributed by atoms with Gasteiger partial charge in [-0.05, 0) is 44.6 Å². The molecule has 0 amide bonds. The second-order valence-electron chi connectivity index (χ2n) is 6.53. The van der Waals surface area contributed by atoms with Gasteiger partial charge in [-0.2, -0.15) is 0 Å². The minimum atomic E-state index is -3.73.